The summed E-state index contributed by atoms with van der Waals surface area (Å²) in [6.07, 6.45) is 5.27. The Morgan fingerprint density at radius 1 is 1.15 bits per heavy atom. The Morgan fingerprint density at radius 2 is 1.96 bits per heavy atom. The van der Waals surface area contributed by atoms with Gasteiger partial charge in [-0.25, -0.2) is 0 Å². The molecule has 6 heteroatoms. The van der Waals surface area contributed by atoms with E-state index in [1.54, 1.807) is 0 Å². The number of aromatic nitrogens is 1. The lowest BCUT2D eigenvalue weighted by Crippen LogP contribution is -2.34. The Bertz CT molecular complexity index is 712. The average Bonchev–Trinajstić information content (AvgIpc) is 3.38. The molecule has 1 unspecified atom stereocenters. The van der Waals surface area contributed by atoms with Crippen molar-refractivity contribution < 1.29 is 9.53 Å². The number of carbonyl (C=O) groups is 1. The van der Waals surface area contributed by atoms with Crippen LogP contribution in [0.2, 0.25) is 0 Å². The fraction of sp³-hybridized carbons (Fsp3) is 0.450. The second kappa shape index (κ2) is 8.44. The number of nitrogens with one attached hydrogen (secondary N) is 1. The summed E-state index contributed by atoms with van der Waals surface area (Å²) in [6.45, 7) is 0.907. The van der Waals surface area contributed by atoms with Gasteiger partial charge in [0.2, 0.25) is 0 Å². The molecule has 1 aromatic heterocycles. The first kappa shape index (κ1) is 17.9. The van der Waals surface area contributed by atoms with Gasteiger partial charge >= 0.3 is 0 Å². The Morgan fingerprint density at radius 3 is 2.69 bits per heavy atom. The molecule has 1 amide bonds. The van der Waals surface area contributed by atoms with Gasteiger partial charge in [0.25, 0.3) is 5.91 Å². The zero-order chi connectivity index (χ0) is 17.8. The van der Waals surface area contributed by atoms with Crippen LogP contribution in [-0.2, 0) is 4.79 Å². The van der Waals surface area contributed by atoms with Crippen LogP contribution in [-0.4, -0.2) is 40.4 Å². The Kier molecular flexibility index (Phi) is 5.80. The van der Waals surface area contributed by atoms with Crippen LogP contribution >= 0.6 is 23.5 Å². The van der Waals surface area contributed by atoms with Gasteiger partial charge in [-0.05, 0) is 60.6 Å². The Labute approximate surface area is 163 Å². The number of carbonyl (C=O) groups excluding carboxylic acids is 1. The van der Waals surface area contributed by atoms with Crippen molar-refractivity contribution in [2.45, 2.75) is 29.9 Å². The molecule has 2 aliphatic heterocycles. The molecule has 4 nitrogen and oxygen atoms in total. The number of benzene rings is 1. The summed E-state index contributed by atoms with van der Waals surface area (Å²) in [7, 11) is 0. The van der Waals surface area contributed by atoms with Crippen LogP contribution in [0.1, 0.15) is 41.1 Å². The van der Waals surface area contributed by atoms with E-state index in [0.29, 0.717) is 4.58 Å². The zero-order valence-corrected chi connectivity index (χ0v) is 16.4. The molecule has 138 valence electrons. The summed E-state index contributed by atoms with van der Waals surface area (Å²) in [5.41, 5.74) is 2.45. The number of amides is 1. The van der Waals surface area contributed by atoms with Gasteiger partial charge < -0.3 is 14.6 Å². The zero-order valence-electron chi connectivity index (χ0n) is 14.7. The lowest BCUT2D eigenvalue weighted by molar-refractivity contribution is -0.134. The third-order valence-electron chi connectivity index (χ3n) is 4.90. The first-order valence-corrected chi connectivity index (χ1v) is 11.3. The Hall–Kier alpha value is -1.53. The Balaban J connectivity index is 1.32. The van der Waals surface area contributed by atoms with E-state index in [1.807, 2.05) is 52.8 Å². The SMILES string of the molecule is O=C(COc1ccc(C2SCCCS2)cc1)N1CCCC1c1ccc[nH]1. The van der Waals surface area contributed by atoms with Gasteiger partial charge in [-0.1, -0.05) is 12.1 Å². The van der Waals surface area contributed by atoms with Gasteiger partial charge in [-0.2, -0.15) is 0 Å². The van der Waals surface area contributed by atoms with Crippen LogP contribution in [0.15, 0.2) is 42.6 Å². The summed E-state index contributed by atoms with van der Waals surface area (Å²) in [6, 6.07) is 12.4. The van der Waals surface area contributed by atoms with E-state index in [2.05, 4.69) is 23.2 Å². The molecule has 2 saturated heterocycles. The van der Waals surface area contributed by atoms with Crippen molar-refractivity contribution in [2.24, 2.45) is 0 Å². The van der Waals surface area contributed by atoms with Gasteiger partial charge in [0.1, 0.15) is 5.75 Å². The summed E-state index contributed by atoms with van der Waals surface area (Å²) < 4.78 is 6.31. The van der Waals surface area contributed by atoms with E-state index >= 15 is 0 Å². The van der Waals surface area contributed by atoms with Crippen molar-refractivity contribution >= 4 is 29.4 Å². The molecule has 2 aromatic rings. The molecule has 1 N–H and O–H groups in total. The number of nitrogens with zero attached hydrogens (tertiary/aromatic N) is 1. The number of rotatable bonds is 5. The van der Waals surface area contributed by atoms with Crippen molar-refractivity contribution in [3.8, 4) is 5.75 Å². The van der Waals surface area contributed by atoms with Gasteiger partial charge in [0.05, 0.1) is 10.6 Å². The molecule has 2 fully saturated rings. The van der Waals surface area contributed by atoms with Gasteiger partial charge in [0.15, 0.2) is 6.61 Å². The molecule has 0 saturated carbocycles. The maximum atomic E-state index is 12.6. The number of H-pyrrole nitrogens is 1. The van der Waals surface area contributed by atoms with Gasteiger partial charge in [0, 0.05) is 18.4 Å². The number of hydrogen-bond acceptors (Lipinski definition) is 4. The monoisotopic (exact) mass is 388 g/mol. The molecule has 0 spiro atoms. The molecule has 4 rings (SSSR count). The minimum atomic E-state index is 0.0598. The summed E-state index contributed by atoms with van der Waals surface area (Å²) >= 11 is 4.03. The lowest BCUT2D eigenvalue weighted by Gasteiger charge is -2.24. The summed E-state index contributed by atoms with van der Waals surface area (Å²) in [5, 5.41) is 0. The van der Waals surface area contributed by atoms with Crippen molar-refractivity contribution in [3.05, 3.63) is 53.9 Å². The molecule has 26 heavy (non-hydrogen) atoms. The minimum Gasteiger partial charge on any atom is -0.484 e. The highest BCUT2D eigenvalue weighted by Gasteiger charge is 2.30. The number of aromatic amines is 1. The first-order chi connectivity index (χ1) is 12.8. The highest BCUT2D eigenvalue weighted by molar-refractivity contribution is 8.16. The van der Waals surface area contributed by atoms with Crippen LogP contribution in [0.5, 0.6) is 5.75 Å². The van der Waals surface area contributed by atoms with E-state index in [1.165, 1.54) is 23.5 Å². The van der Waals surface area contributed by atoms with Crippen LogP contribution in [0.4, 0.5) is 0 Å². The molecule has 0 radical (unpaired) electrons. The maximum Gasteiger partial charge on any atom is 0.261 e. The second-order valence-corrected chi connectivity index (χ2v) is 9.38. The minimum absolute atomic E-state index is 0.0598. The van der Waals surface area contributed by atoms with E-state index in [-0.39, 0.29) is 18.6 Å². The predicted octanol–water partition coefficient (Wildman–Crippen LogP) is 4.63. The quantitative estimate of drug-likeness (QED) is 0.811. The molecular formula is C20H24N2O2S2. The number of hydrogen-bond donors (Lipinski definition) is 1. The summed E-state index contributed by atoms with van der Waals surface area (Å²) in [4.78, 5) is 17.8. The largest absolute Gasteiger partial charge is 0.484 e. The third kappa shape index (κ3) is 4.07. The maximum absolute atomic E-state index is 12.6. The van der Waals surface area contributed by atoms with Crippen molar-refractivity contribution in [2.75, 3.05) is 24.7 Å². The normalized spacial score (nSPS) is 21.1. The smallest absolute Gasteiger partial charge is 0.261 e. The fourth-order valence-electron chi connectivity index (χ4n) is 3.57. The van der Waals surface area contributed by atoms with E-state index < -0.39 is 0 Å². The molecule has 3 heterocycles. The van der Waals surface area contributed by atoms with Gasteiger partial charge in [-0.3, -0.25) is 4.79 Å². The molecule has 2 aliphatic rings. The van der Waals surface area contributed by atoms with Gasteiger partial charge in [-0.15, -0.1) is 23.5 Å². The number of ether oxygens (including phenoxy) is 1. The van der Waals surface area contributed by atoms with Crippen LogP contribution < -0.4 is 4.74 Å². The van der Waals surface area contributed by atoms with E-state index in [0.717, 1.165) is 30.8 Å². The first-order valence-electron chi connectivity index (χ1n) is 9.20. The topological polar surface area (TPSA) is 45.3 Å². The molecule has 1 aromatic carbocycles. The molecular weight excluding hydrogens is 364 g/mol. The van der Waals surface area contributed by atoms with Crippen LogP contribution in [0.25, 0.3) is 0 Å². The molecule has 0 aliphatic carbocycles. The van der Waals surface area contributed by atoms with Crippen molar-refractivity contribution in [1.82, 2.24) is 9.88 Å². The van der Waals surface area contributed by atoms with Crippen LogP contribution in [0, 0.1) is 0 Å². The second-order valence-electron chi connectivity index (χ2n) is 6.66. The fourth-order valence-corrected chi connectivity index (χ4v) is 6.46. The molecule has 0 bridgehead atoms. The van der Waals surface area contributed by atoms with Crippen molar-refractivity contribution in [3.63, 3.8) is 0 Å². The highest BCUT2D eigenvalue weighted by Crippen LogP contribution is 2.43. The van der Waals surface area contributed by atoms with Crippen molar-refractivity contribution in [1.29, 1.82) is 0 Å². The summed E-state index contributed by atoms with van der Waals surface area (Å²) in [5.74, 6) is 3.30. The van der Waals surface area contributed by atoms with Crippen LogP contribution in [0.3, 0.4) is 0 Å². The highest BCUT2D eigenvalue weighted by atomic mass is 32.2. The van der Waals surface area contributed by atoms with E-state index in [9.17, 15) is 4.79 Å². The number of likely N-dealkylation sites (tertiary alicyclic amines) is 1. The number of thioether (sulfide) groups is 2. The third-order valence-corrected chi connectivity index (χ3v) is 7.91. The lowest BCUT2D eigenvalue weighted by atomic mass is 10.1. The predicted molar refractivity (Wildman–Crippen MR) is 109 cm³/mol. The molecule has 1 atom stereocenters. The standard InChI is InChI=1S/C20H24N2O2S2/c23-19(22-11-2-5-18(22)17-4-1-10-21-17)14-24-16-8-6-15(7-9-16)20-25-12-3-13-26-20/h1,4,6-10,18,20-21H,2-3,5,11-14H2. The average molecular weight is 389 g/mol. The van der Waals surface area contributed by atoms with E-state index in [4.69, 9.17) is 4.74 Å².